The lowest BCUT2D eigenvalue weighted by Crippen LogP contribution is -2.18. The van der Waals surface area contributed by atoms with Crippen molar-refractivity contribution in [1.82, 2.24) is 15.4 Å². The molecule has 0 saturated carbocycles. The number of carbonyl (C=O) groups excluding carboxylic acids is 1. The molecule has 0 aliphatic heterocycles. The molecule has 2 N–H and O–H groups in total. The average Bonchev–Trinajstić information content (AvgIpc) is 2.54. The number of nitrogens with zero attached hydrogens (tertiary/aromatic N) is 2. The van der Waals surface area contributed by atoms with Crippen molar-refractivity contribution in [3.8, 4) is 0 Å². The highest BCUT2D eigenvalue weighted by atomic mass is 16.5. The molecule has 0 bridgehead atoms. The minimum absolute atomic E-state index is 0.325. The summed E-state index contributed by atoms with van der Waals surface area (Å²) in [6.07, 6.45) is 5.76. The fraction of sp³-hybridized carbons (Fsp3) is 0.0625. The standard InChI is InChI=1S/C16H13N3O2/c20-16(19-21)14-9-13-8-12(1-2-15(13)18-10-14)7-11-3-5-17-6-4-11/h1-6,8-10,21H,7H2,(H,19,20). The van der Waals surface area contributed by atoms with Gasteiger partial charge in [-0.3, -0.25) is 20.0 Å². The topological polar surface area (TPSA) is 75.1 Å². The minimum Gasteiger partial charge on any atom is -0.288 e. The predicted octanol–water partition coefficient (Wildman–Crippen LogP) is 2.34. The molecule has 0 radical (unpaired) electrons. The summed E-state index contributed by atoms with van der Waals surface area (Å²) in [4.78, 5) is 19.6. The summed E-state index contributed by atoms with van der Waals surface area (Å²) in [5, 5.41) is 9.54. The maximum Gasteiger partial charge on any atom is 0.276 e. The zero-order valence-electron chi connectivity index (χ0n) is 11.2. The van der Waals surface area contributed by atoms with Gasteiger partial charge in [0.25, 0.3) is 5.91 Å². The van der Waals surface area contributed by atoms with Crippen molar-refractivity contribution in [2.24, 2.45) is 0 Å². The quantitative estimate of drug-likeness (QED) is 0.570. The maximum absolute atomic E-state index is 11.4. The van der Waals surface area contributed by atoms with Crippen molar-refractivity contribution in [3.05, 3.63) is 71.7 Å². The molecule has 0 fully saturated rings. The third kappa shape index (κ3) is 2.88. The van der Waals surface area contributed by atoms with Crippen LogP contribution in [0.1, 0.15) is 21.5 Å². The van der Waals surface area contributed by atoms with E-state index in [9.17, 15) is 4.79 Å². The number of hydrogen-bond acceptors (Lipinski definition) is 4. The van der Waals surface area contributed by atoms with E-state index < -0.39 is 5.91 Å². The van der Waals surface area contributed by atoms with Gasteiger partial charge in [-0.2, -0.15) is 0 Å². The van der Waals surface area contributed by atoms with Gasteiger partial charge < -0.3 is 0 Å². The van der Waals surface area contributed by atoms with Crippen molar-refractivity contribution in [2.45, 2.75) is 6.42 Å². The van der Waals surface area contributed by atoms with Crippen LogP contribution < -0.4 is 5.48 Å². The lowest BCUT2D eigenvalue weighted by atomic mass is 10.0. The van der Waals surface area contributed by atoms with Crippen molar-refractivity contribution in [2.75, 3.05) is 0 Å². The molecule has 0 saturated heterocycles. The number of fused-ring (bicyclic) bond motifs is 1. The fourth-order valence-electron chi connectivity index (χ4n) is 2.22. The Morgan fingerprint density at radius 1 is 1.10 bits per heavy atom. The molecule has 0 spiro atoms. The van der Waals surface area contributed by atoms with Crippen LogP contribution in [0, 0.1) is 0 Å². The monoisotopic (exact) mass is 279 g/mol. The van der Waals surface area contributed by atoms with Crippen LogP contribution in [0.3, 0.4) is 0 Å². The number of aromatic nitrogens is 2. The smallest absolute Gasteiger partial charge is 0.276 e. The van der Waals surface area contributed by atoms with Crippen molar-refractivity contribution < 1.29 is 10.0 Å². The largest absolute Gasteiger partial charge is 0.288 e. The van der Waals surface area contributed by atoms with Crippen molar-refractivity contribution in [1.29, 1.82) is 0 Å². The molecule has 1 amide bonds. The van der Waals surface area contributed by atoms with Crippen LogP contribution >= 0.6 is 0 Å². The Bertz CT molecular complexity index is 788. The third-order valence-corrected chi connectivity index (χ3v) is 3.27. The Morgan fingerprint density at radius 2 is 1.90 bits per heavy atom. The fourth-order valence-corrected chi connectivity index (χ4v) is 2.22. The van der Waals surface area contributed by atoms with Gasteiger partial charge in [-0.05, 0) is 47.9 Å². The van der Waals surface area contributed by atoms with E-state index in [1.807, 2.05) is 30.3 Å². The molecule has 5 nitrogen and oxygen atoms in total. The SMILES string of the molecule is O=C(NO)c1cnc2ccc(Cc3ccncc3)cc2c1. The summed E-state index contributed by atoms with van der Waals surface area (Å²) in [5.74, 6) is -0.566. The lowest BCUT2D eigenvalue weighted by Gasteiger charge is -2.05. The first-order valence-corrected chi connectivity index (χ1v) is 6.48. The molecular formula is C16H13N3O2. The van der Waals surface area contributed by atoms with E-state index in [0.717, 1.165) is 22.9 Å². The van der Waals surface area contributed by atoms with E-state index in [1.165, 1.54) is 11.8 Å². The predicted molar refractivity (Wildman–Crippen MR) is 78.0 cm³/mol. The number of hydrogen-bond donors (Lipinski definition) is 2. The third-order valence-electron chi connectivity index (χ3n) is 3.27. The number of pyridine rings is 2. The van der Waals surface area contributed by atoms with Gasteiger partial charge in [0.1, 0.15) is 0 Å². The number of hydroxylamine groups is 1. The molecule has 3 aromatic rings. The summed E-state index contributed by atoms with van der Waals surface area (Å²) in [5.41, 5.74) is 5.04. The zero-order chi connectivity index (χ0) is 14.7. The van der Waals surface area contributed by atoms with Crippen molar-refractivity contribution >= 4 is 16.8 Å². The second-order valence-electron chi connectivity index (χ2n) is 4.72. The van der Waals surface area contributed by atoms with Gasteiger partial charge >= 0.3 is 0 Å². The summed E-state index contributed by atoms with van der Waals surface area (Å²) in [6.45, 7) is 0. The number of amides is 1. The zero-order valence-corrected chi connectivity index (χ0v) is 11.2. The molecule has 0 atom stereocenters. The summed E-state index contributed by atoms with van der Waals surface area (Å²) in [7, 11) is 0. The average molecular weight is 279 g/mol. The highest BCUT2D eigenvalue weighted by Gasteiger charge is 2.06. The van der Waals surface area contributed by atoms with Crippen LogP contribution in [0.15, 0.2) is 55.0 Å². The van der Waals surface area contributed by atoms with E-state index >= 15 is 0 Å². The Hall–Kier alpha value is -2.79. The Balaban J connectivity index is 1.96. The maximum atomic E-state index is 11.4. The van der Waals surface area contributed by atoms with Gasteiger partial charge in [0.2, 0.25) is 0 Å². The van der Waals surface area contributed by atoms with Gasteiger partial charge in [-0.1, -0.05) is 6.07 Å². The van der Waals surface area contributed by atoms with E-state index in [4.69, 9.17) is 5.21 Å². The number of carbonyl (C=O) groups is 1. The molecule has 0 aliphatic carbocycles. The first-order valence-electron chi connectivity index (χ1n) is 6.48. The molecule has 2 heterocycles. The molecule has 1 aromatic carbocycles. The Kier molecular flexibility index (Phi) is 3.57. The van der Waals surface area contributed by atoms with Crippen LogP contribution in [0.4, 0.5) is 0 Å². The lowest BCUT2D eigenvalue weighted by molar-refractivity contribution is 0.0706. The van der Waals surface area contributed by atoms with Gasteiger partial charge in [-0.25, -0.2) is 5.48 Å². The summed E-state index contributed by atoms with van der Waals surface area (Å²) in [6, 6.07) is 11.6. The van der Waals surface area contributed by atoms with Crippen LogP contribution in [0.25, 0.3) is 10.9 Å². The van der Waals surface area contributed by atoms with Crippen molar-refractivity contribution in [3.63, 3.8) is 0 Å². The van der Waals surface area contributed by atoms with Crippen LogP contribution in [0.2, 0.25) is 0 Å². The van der Waals surface area contributed by atoms with E-state index in [2.05, 4.69) is 9.97 Å². The van der Waals surface area contributed by atoms with E-state index in [1.54, 1.807) is 23.9 Å². The molecule has 5 heteroatoms. The second-order valence-corrected chi connectivity index (χ2v) is 4.72. The summed E-state index contributed by atoms with van der Waals surface area (Å²) >= 11 is 0. The highest BCUT2D eigenvalue weighted by Crippen LogP contribution is 2.18. The normalized spacial score (nSPS) is 10.5. The molecule has 2 aromatic heterocycles. The Labute approximate surface area is 121 Å². The highest BCUT2D eigenvalue weighted by molar-refractivity contribution is 5.96. The van der Waals surface area contributed by atoms with Gasteiger partial charge in [0, 0.05) is 24.0 Å². The number of nitrogens with one attached hydrogen (secondary N) is 1. The molecule has 21 heavy (non-hydrogen) atoms. The molecule has 3 rings (SSSR count). The number of rotatable bonds is 3. The molecule has 0 aliphatic rings. The molecule has 0 unspecified atom stereocenters. The van der Waals surface area contributed by atoms with Gasteiger partial charge in [0.15, 0.2) is 0 Å². The number of benzene rings is 1. The van der Waals surface area contributed by atoms with E-state index in [0.29, 0.717) is 5.56 Å². The first kappa shape index (κ1) is 13.2. The molecular weight excluding hydrogens is 266 g/mol. The van der Waals surface area contributed by atoms with Crippen LogP contribution in [-0.4, -0.2) is 21.1 Å². The van der Waals surface area contributed by atoms with Crippen LogP contribution in [0.5, 0.6) is 0 Å². The van der Waals surface area contributed by atoms with Gasteiger partial charge in [-0.15, -0.1) is 0 Å². The first-order chi connectivity index (χ1) is 10.3. The van der Waals surface area contributed by atoms with Gasteiger partial charge in [0.05, 0.1) is 11.1 Å². The van der Waals surface area contributed by atoms with E-state index in [-0.39, 0.29) is 0 Å². The molecule has 104 valence electrons. The minimum atomic E-state index is -0.566. The summed E-state index contributed by atoms with van der Waals surface area (Å²) < 4.78 is 0. The Morgan fingerprint density at radius 3 is 2.67 bits per heavy atom. The second kappa shape index (κ2) is 5.68. The van der Waals surface area contributed by atoms with Crippen LogP contribution in [-0.2, 0) is 6.42 Å².